The molecule has 8 nitrogen and oxygen atoms in total. The van der Waals surface area contributed by atoms with Gasteiger partial charge in [-0.15, -0.1) is 0 Å². The van der Waals surface area contributed by atoms with E-state index >= 15 is 0 Å². The average molecular weight is 299 g/mol. The van der Waals surface area contributed by atoms with Crippen LogP contribution < -0.4 is 5.32 Å². The fourth-order valence-corrected chi connectivity index (χ4v) is 1.59. The van der Waals surface area contributed by atoms with Crippen LogP contribution >= 0.6 is 15.9 Å². The standard InChI is InChI=1S/C8H7BrN6O2/c1-10-7-6(15(16)17)8(12-4-11-7)14-3-5(9)2-13-14/h2-4H,1H3,(H,10,11,12). The Balaban J connectivity index is 2.65. The van der Waals surface area contributed by atoms with Crippen LogP contribution in [0.25, 0.3) is 5.82 Å². The van der Waals surface area contributed by atoms with Gasteiger partial charge in [0.2, 0.25) is 11.6 Å². The molecule has 0 saturated heterocycles. The maximum Gasteiger partial charge on any atom is 0.355 e. The Hall–Kier alpha value is -2.03. The van der Waals surface area contributed by atoms with Gasteiger partial charge in [-0.3, -0.25) is 10.1 Å². The minimum Gasteiger partial charge on any atom is -0.367 e. The third-order valence-corrected chi connectivity index (χ3v) is 2.40. The maximum atomic E-state index is 11.0. The van der Waals surface area contributed by atoms with Gasteiger partial charge in [-0.1, -0.05) is 0 Å². The van der Waals surface area contributed by atoms with E-state index in [0.29, 0.717) is 4.47 Å². The number of nitrogens with one attached hydrogen (secondary N) is 1. The van der Waals surface area contributed by atoms with E-state index in [0.717, 1.165) is 0 Å². The van der Waals surface area contributed by atoms with Gasteiger partial charge in [-0.2, -0.15) is 5.10 Å². The summed E-state index contributed by atoms with van der Waals surface area (Å²) in [4.78, 5) is 18.1. The van der Waals surface area contributed by atoms with Crippen LogP contribution in [0.1, 0.15) is 0 Å². The molecule has 0 spiro atoms. The van der Waals surface area contributed by atoms with Crippen LogP contribution in [0.2, 0.25) is 0 Å². The van der Waals surface area contributed by atoms with Gasteiger partial charge in [0.25, 0.3) is 0 Å². The van der Waals surface area contributed by atoms with Crippen LogP contribution in [0.4, 0.5) is 11.5 Å². The zero-order valence-electron chi connectivity index (χ0n) is 8.66. The molecule has 17 heavy (non-hydrogen) atoms. The summed E-state index contributed by atoms with van der Waals surface area (Å²) in [6.45, 7) is 0. The molecule has 1 N–H and O–H groups in total. The fraction of sp³-hybridized carbons (Fsp3) is 0.125. The van der Waals surface area contributed by atoms with Crippen molar-refractivity contribution in [3.05, 3.63) is 33.3 Å². The van der Waals surface area contributed by atoms with Gasteiger partial charge in [0.1, 0.15) is 6.33 Å². The summed E-state index contributed by atoms with van der Waals surface area (Å²) in [5.74, 6) is 0.256. The molecule has 2 aromatic rings. The van der Waals surface area contributed by atoms with Crippen molar-refractivity contribution in [3.8, 4) is 5.82 Å². The second kappa shape index (κ2) is 4.45. The monoisotopic (exact) mass is 298 g/mol. The molecule has 0 fully saturated rings. The molecule has 2 rings (SSSR count). The molecule has 0 radical (unpaired) electrons. The molecule has 88 valence electrons. The highest BCUT2D eigenvalue weighted by Crippen LogP contribution is 2.27. The van der Waals surface area contributed by atoms with E-state index in [-0.39, 0.29) is 17.3 Å². The first-order chi connectivity index (χ1) is 8.13. The molecule has 2 heterocycles. The summed E-state index contributed by atoms with van der Waals surface area (Å²) in [5, 5.41) is 17.6. The number of nitrogens with zero attached hydrogens (tertiary/aromatic N) is 5. The minimum atomic E-state index is -0.545. The average Bonchev–Trinajstić information content (AvgIpc) is 2.74. The molecule has 0 aromatic carbocycles. The molecule has 0 aliphatic rings. The van der Waals surface area contributed by atoms with Crippen LogP contribution in [0.3, 0.4) is 0 Å². The van der Waals surface area contributed by atoms with Crippen molar-refractivity contribution in [2.45, 2.75) is 0 Å². The van der Waals surface area contributed by atoms with Gasteiger partial charge in [0.05, 0.1) is 15.6 Å². The smallest absolute Gasteiger partial charge is 0.355 e. The molecule has 0 aliphatic carbocycles. The Kier molecular flexibility index (Phi) is 3.00. The Bertz CT molecular complexity index is 569. The van der Waals surface area contributed by atoms with Gasteiger partial charge in [-0.25, -0.2) is 14.6 Å². The normalized spacial score (nSPS) is 10.2. The van der Waals surface area contributed by atoms with Gasteiger partial charge in [0.15, 0.2) is 0 Å². The van der Waals surface area contributed by atoms with Crippen molar-refractivity contribution < 1.29 is 4.92 Å². The maximum absolute atomic E-state index is 11.0. The molecule has 2 aromatic heterocycles. The van der Waals surface area contributed by atoms with Gasteiger partial charge in [-0.05, 0) is 15.9 Å². The fourth-order valence-electron chi connectivity index (χ4n) is 1.30. The van der Waals surface area contributed by atoms with Crippen molar-refractivity contribution in [1.82, 2.24) is 19.7 Å². The molecule has 0 unspecified atom stereocenters. The number of halogens is 1. The van der Waals surface area contributed by atoms with Crippen molar-refractivity contribution in [2.24, 2.45) is 0 Å². The Morgan fingerprint density at radius 3 is 2.82 bits per heavy atom. The zero-order valence-corrected chi connectivity index (χ0v) is 10.2. The molecule has 9 heteroatoms. The summed E-state index contributed by atoms with van der Waals surface area (Å²) < 4.78 is 2.02. The first-order valence-electron chi connectivity index (χ1n) is 4.51. The number of hydrogen-bond donors (Lipinski definition) is 1. The summed E-state index contributed by atoms with van der Waals surface area (Å²) >= 11 is 3.21. The predicted octanol–water partition coefficient (Wildman–Crippen LogP) is 1.37. The number of rotatable bonds is 3. The molecule has 0 atom stereocenters. The van der Waals surface area contributed by atoms with Gasteiger partial charge < -0.3 is 5.32 Å². The highest BCUT2D eigenvalue weighted by molar-refractivity contribution is 9.10. The Labute approximate surface area is 104 Å². The lowest BCUT2D eigenvalue weighted by Crippen LogP contribution is -2.07. The molecular formula is C8H7BrN6O2. The summed E-state index contributed by atoms with van der Waals surface area (Å²) in [6.07, 6.45) is 4.34. The van der Waals surface area contributed by atoms with E-state index in [1.807, 2.05) is 0 Å². The number of anilines is 1. The quantitative estimate of drug-likeness (QED) is 0.679. The molecular weight excluding hydrogens is 292 g/mol. The van der Waals surface area contributed by atoms with Crippen molar-refractivity contribution in [1.29, 1.82) is 0 Å². The third-order valence-electron chi connectivity index (χ3n) is 1.99. The summed E-state index contributed by atoms with van der Waals surface area (Å²) in [5.41, 5.74) is -0.217. The Morgan fingerprint density at radius 1 is 1.53 bits per heavy atom. The second-order valence-electron chi connectivity index (χ2n) is 3.00. The van der Waals surface area contributed by atoms with Crippen LogP contribution in [-0.4, -0.2) is 31.7 Å². The van der Waals surface area contributed by atoms with E-state index in [2.05, 4.69) is 36.3 Å². The second-order valence-corrected chi connectivity index (χ2v) is 3.92. The minimum absolute atomic E-state index is 0.111. The SMILES string of the molecule is CNc1ncnc(-n2cc(Br)cn2)c1[N+](=O)[O-]. The van der Waals surface area contributed by atoms with Gasteiger partial charge >= 0.3 is 5.69 Å². The Morgan fingerprint density at radius 2 is 2.29 bits per heavy atom. The molecule has 0 aliphatic heterocycles. The largest absolute Gasteiger partial charge is 0.367 e. The van der Waals surface area contributed by atoms with E-state index < -0.39 is 4.92 Å². The van der Waals surface area contributed by atoms with Crippen LogP contribution in [0, 0.1) is 10.1 Å². The number of hydrogen-bond acceptors (Lipinski definition) is 6. The van der Waals surface area contributed by atoms with Gasteiger partial charge in [0, 0.05) is 13.2 Å². The lowest BCUT2D eigenvalue weighted by Gasteiger charge is -2.04. The van der Waals surface area contributed by atoms with E-state index in [9.17, 15) is 10.1 Å². The van der Waals surface area contributed by atoms with E-state index in [4.69, 9.17) is 0 Å². The summed E-state index contributed by atoms with van der Waals surface area (Å²) in [6, 6.07) is 0. The van der Waals surface area contributed by atoms with Crippen LogP contribution in [0.15, 0.2) is 23.2 Å². The highest BCUT2D eigenvalue weighted by Gasteiger charge is 2.23. The third kappa shape index (κ3) is 2.09. The lowest BCUT2D eigenvalue weighted by molar-refractivity contribution is -0.384. The van der Waals surface area contributed by atoms with E-state index in [1.165, 1.54) is 17.2 Å². The van der Waals surface area contributed by atoms with Crippen molar-refractivity contribution in [3.63, 3.8) is 0 Å². The number of aromatic nitrogens is 4. The zero-order chi connectivity index (χ0) is 12.4. The lowest BCUT2D eigenvalue weighted by atomic mass is 10.4. The first kappa shape index (κ1) is 11.5. The summed E-state index contributed by atoms with van der Waals surface area (Å²) in [7, 11) is 1.55. The molecule has 0 amide bonds. The molecule has 0 bridgehead atoms. The first-order valence-corrected chi connectivity index (χ1v) is 5.30. The van der Waals surface area contributed by atoms with E-state index in [1.54, 1.807) is 13.2 Å². The topological polar surface area (TPSA) is 98.8 Å². The van der Waals surface area contributed by atoms with Crippen molar-refractivity contribution >= 4 is 27.4 Å². The molecule has 0 saturated carbocycles. The predicted molar refractivity (Wildman–Crippen MR) is 63.1 cm³/mol. The van der Waals surface area contributed by atoms with Crippen LogP contribution in [-0.2, 0) is 0 Å². The van der Waals surface area contributed by atoms with Crippen LogP contribution in [0.5, 0.6) is 0 Å². The van der Waals surface area contributed by atoms with Crippen molar-refractivity contribution in [2.75, 3.05) is 12.4 Å². The number of nitro groups is 1. The highest BCUT2D eigenvalue weighted by atomic mass is 79.9.